The van der Waals surface area contributed by atoms with Crippen molar-refractivity contribution in [1.82, 2.24) is 15.1 Å². The molecule has 27 heavy (non-hydrogen) atoms. The number of piperazine rings is 1. The lowest BCUT2D eigenvalue weighted by molar-refractivity contribution is -0.133. The van der Waals surface area contributed by atoms with Crippen LogP contribution in [0.1, 0.15) is 0 Å². The Morgan fingerprint density at radius 3 is 2.33 bits per heavy atom. The molecule has 2 aromatic carbocycles. The molecule has 0 aliphatic carbocycles. The lowest BCUT2D eigenvalue weighted by atomic mass is 10.2. The average molecular weight is 395 g/mol. The number of hydroxylamine groups is 1. The summed E-state index contributed by atoms with van der Waals surface area (Å²) in [7, 11) is -3.95. The van der Waals surface area contributed by atoms with Crippen molar-refractivity contribution in [3.05, 3.63) is 54.3 Å². The lowest BCUT2D eigenvalue weighted by Gasteiger charge is -2.33. The van der Waals surface area contributed by atoms with E-state index < -0.39 is 22.0 Å². The van der Waals surface area contributed by atoms with Gasteiger partial charge in [-0.25, -0.2) is 18.3 Å². The number of nitrogens with one attached hydrogen (secondary N) is 2. The van der Waals surface area contributed by atoms with Gasteiger partial charge in [-0.3, -0.25) is 10.0 Å². The Hall–Kier alpha value is -2.53. The van der Waals surface area contributed by atoms with Crippen LogP contribution in [0.3, 0.4) is 0 Å². The van der Waals surface area contributed by atoms with Crippen LogP contribution < -0.4 is 15.5 Å². The van der Waals surface area contributed by atoms with Crippen LogP contribution >= 0.6 is 0 Å². The van der Waals surface area contributed by atoms with Crippen molar-refractivity contribution in [1.29, 1.82) is 0 Å². The Kier molecular flexibility index (Phi) is 5.71. The second kappa shape index (κ2) is 8.01. The molecule has 1 aliphatic heterocycles. The van der Waals surface area contributed by atoms with Gasteiger partial charge in [-0.1, -0.05) is 0 Å². The smallest absolute Gasteiger partial charge is 0.263 e. The van der Waals surface area contributed by atoms with Gasteiger partial charge < -0.3 is 10.1 Å². The molecular formula is C17H18FN3O5S. The maximum atomic E-state index is 12.9. The number of benzene rings is 2. The molecule has 0 saturated carbocycles. The van der Waals surface area contributed by atoms with Crippen LogP contribution in [-0.2, 0) is 14.8 Å². The van der Waals surface area contributed by atoms with Crippen LogP contribution in [0.15, 0.2) is 53.4 Å². The van der Waals surface area contributed by atoms with Crippen molar-refractivity contribution in [2.24, 2.45) is 0 Å². The molecule has 0 aromatic heterocycles. The fourth-order valence-electron chi connectivity index (χ4n) is 2.73. The van der Waals surface area contributed by atoms with Crippen molar-refractivity contribution in [2.45, 2.75) is 10.9 Å². The number of sulfonamides is 1. The van der Waals surface area contributed by atoms with E-state index in [0.29, 0.717) is 18.0 Å². The number of carbonyl (C=O) groups excluding carboxylic acids is 1. The largest absolute Gasteiger partial charge is 0.457 e. The molecule has 3 N–H and O–H groups in total. The second-order valence-electron chi connectivity index (χ2n) is 5.84. The van der Waals surface area contributed by atoms with Crippen molar-refractivity contribution < 1.29 is 27.5 Å². The standard InChI is InChI=1S/C17H18FN3O5S/c18-12-1-3-13(4-2-12)26-14-5-7-15(8-6-14)27(24,25)21-10-9-19-11-16(21)17(22)20-23/h1-8,16,19,23H,9-11H2,(H,20,22). The van der Waals surface area contributed by atoms with Gasteiger partial charge in [-0.05, 0) is 48.5 Å². The zero-order valence-corrected chi connectivity index (χ0v) is 14.9. The van der Waals surface area contributed by atoms with Crippen molar-refractivity contribution >= 4 is 15.9 Å². The Morgan fingerprint density at radius 2 is 1.74 bits per heavy atom. The van der Waals surface area contributed by atoms with Crippen molar-refractivity contribution in [3.63, 3.8) is 0 Å². The van der Waals surface area contributed by atoms with Crippen molar-refractivity contribution in [2.75, 3.05) is 19.6 Å². The minimum absolute atomic E-state index is 0.00778. The molecule has 0 bridgehead atoms. The minimum atomic E-state index is -3.95. The first-order valence-electron chi connectivity index (χ1n) is 8.12. The van der Waals surface area contributed by atoms with E-state index in [1.54, 1.807) is 0 Å². The third kappa shape index (κ3) is 4.25. The zero-order chi connectivity index (χ0) is 19.4. The minimum Gasteiger partial charge on any atom is -0.457 e. The summed E-state index contributed by atoms with van der Waals surface area (Å²) in [6.07, 6.45) is 0. The molecule has 1 amide bonds. The van der Waals surface area contributed by atoms with Gasteiger partial charge >= 0.3 is 0 Å². The van der Waals surface area contributed by atoms with E-state index in [9.17, 15) is 17.6 Å². The Labute approximate surface area is 155 Å². The fourth-order valence-corrected chi connectivity index (χ4v) is 4.31. The third-order valence-electron chi connectivity index (χ3n) is 4.09. The summed E-state index contributed by atoms with van der Waals surface area (Å²) in [5.41, 5.74) is 1.50. The highest BCUT2D eigenvalue weighted by Crippen LogP contribution is 2.25. The number of carbonyl (C=O) groups is 1. The van der Waals surface area contributed by atoms with Gasteiger partial charge in [0, 0.05) is 19.6 Å². The summed E-state index contributed by atoms with van der Waals surface area (Å²) >= 11 is 0. The van der Waals surface area contributed by atoms with E-state index in [-0.39, 0.29) is 23.8 Å². The molecule has 8 nitrogen and oxygen atoms in total. The summed E-state index contributed by atoms with van der Waals surface area (Å²) in [5, 5.41) is 11.8. The van der Waals surface area contributed by atoms with Crippen LogP contribution in [-0.4, -0.2) is 49.5 Å². The molecule has 1 atom stereocenters. The number of hydrogen-bond donors (Lipinski definition) is 3. The van der Waals surface area contributed by atoms with Crippen LogP contribution in [0.4, 0.5) is 4.39 Å². The van der Waals surface area contributed by atoms with E-state index in [2.05, 4.69) is 5.32 Å². The van der Waals surface area contributed by atoms with E-state index in [0.717, 1.165) is 4.31 Å². The lowest BCUT2D eigenvalue weighted by Crippen LogP contribution is -2.59. The molecule has 0 radical (unpaired) electrons. The first-order valence-corrected chi connectivity index (χ1v) is 9.56. The quantitative estimate of drug-likeness (QED) is 0.517. The highest BCUT2D eigenvalue weighted by atomic mass is 32.2. The normalized spacial score (nSPS) is 18.1. The molecule has 1 heterocycles. The summed E-state index contributed by atoms with van der Waals surface area (Å²) in [5.74, 6) is -0.400. The Bertz CT molecular complexity index is 903. The fraction of sp³-hybridized carbons (Fsp3) is 0.235. The van der Waals surface area contributed by atoms with Crippen molar-refractivity contribution in [3.8, 4) is 11.5 Å². The molecule has 0 spiro atoms. The topological polar surface area (TPSA) is 108 Å². The summed E-state index contributed by atoms with van der Waals surface area (Å²) in [4.78, 5) is 11.8. The predicted octanol–water partition coefficient (Wildman–Crippen LogP) is 1.09. The molecule has 10 heteroatoms. The van der Waals surface area contributed by atoms with Crippen LogP contribution in [0.2, 0.25) is 0 Å². The molecule has 1 saturated heterocycles. The Morgan fingerprint density at radius 1 is 1.15 bits per heavy atom. The van der Waals surface area contributed by atoms with Crippen LogP contribution in [0.5, 0.6) is 11.5 Å². The maximum absolute atomic E-state index is 12.9. The maximum Gasteiger partial charge on any atom is 0.263 e. The highest BCUT2D eigenvalue weighted by molar-refractivity contribution is 7.89. The summed E-state index contributed by atoms with van der Waals surface area (Å²) in [6, 6.07) is 10.0. The first kappa shape index (κ1) is 19.2. The van der Waals surface area contributed by atoms with E-state index in [1.807, 2.05) is 0 Å². The average Bonchev–Trinajstić information content (AvgIpc) is 2.69. The molecule has 2 aromatic rings. The van der Waals surface area contributed by atoms with Gasteiger partial charge in [0.1, 0.15) is 23.4 Å². The zero-order valence-electron chi connectivity index (χ0n) is 14.1. The third-order valence-corrected chi connectivity index (χ3v) is 6.01. The first-order chi connectivity index (χ1) is 12.9. The van der Waals surface area contributed by atoms with Gasteiger partial charge in [-0.15, -0.1) is 0 Å². The highest BCUT2D eigenvalue weighted by Gasteiger charge is 2.37. The molecule has 1 aliphatic rings. The van der Waals surface area contributed by atoms with E-state index in [4.69, 9.17) is 9.94 Å². The molecule has 1 fully saturated rings. The van der Waals surface area contributed by atoms with Gasteiger partial charge in [0.2, 0.25) is 10.0 Å². The van der Waals surface area contributed by atoms with E-state index in [1.165, 1.54) is 54.0 Å². The molecule has 1 unspecified atom stereocenters. The summed E-state index contributed by atoms with van der Waals surface area (Å²) < 4.78 is 45.3. The SMILES string of the molecule is O=C(NO)C1CNCCN1S(=O)(=O)c1ccc(Oc2ccc(F)cc2)cc1. The number of amides is 1. The van der Waals surface area contributed by atoms with Gasteiger partial charge in [-0.2, -0.15) is 4.31 Å². The van der Waals surface area contributed by atoms with Gasteiger partial charge in [0.05, 0.1) is 4.90 Å². The number of ether oxygens (including phenoxy) is 1. The van der Waals surface area contributed by atoms with Crippen LogP contribution in [0.25, 0.3) is 0 Å². The monoisotopic (exact) mass is 395 g/mol. The molecule has 3 rings (SSSR count). The number of nitrogens with zero attached hydrogens (tertiary/aromatic N) is 1. The second-order valence-corrected chi connectivity index (χ2v) is 7.73. The summed E-state index contributed by atoms with van der Waals surface area (Å²) in [6.45, 7) is 0.575. The van der Waals surface area contributed by atoms with Gasteiger partial charge in [0.15, 0.2) is 0 Å². The predicted molar refractivity (Wildman–Crippen MR) is 93.4 cm³/mol. The molecular weight excluding hydrogens is 377 g/mol. The number of rotatable bonds is 5. The van der Waals surface area contributed by atoms with Gasteiger partial charge in [0.25, 0.3) is 5.91 Å². The van der Waals surface area contributed by atoms with Crippen LogP contribution in [0, 0.1) is 5.82 Å². The molecule has 144 valence electrons. The van der Waals surface area contributed by atoms with E-state index >= 15 is 0 Å². The Balaban J connectivity index is 1.80. The number of hydrogen-bond acceptors (Lipinski definition) is 6. The number of halogens is 1.